The highest BCUT2D eigenvalue weighted by Gasteiger charge is 2.26. The van der Waals surface area contributed by atoms with Gasteiger partial charge in [-0.15, -0.1) is 11.3 Å². The first-order valence-corrected chi connectivity index (χ1v) is 9.22. The summed E-state index contributed by atoms with van der Waals surface area (Å²) in [7, 11) is 0. The van der Waals surface area contributed by atoms with Crippen LogP contribution in [0.2, 0.25) is 0 Å². The molecule has 0 unspecified atom stereocenters. The Balaban J connectivity index is 1.72. The van der Waals surface area contributed by atoms with Gasteiger partial charge < -0.3 is 4.90 Å². The van der Waals surface area contributed by atoms with Crippen LogP contribution in [0.4, 0.5) is 0 Å². The third kappa shape index (κ3) is 3.30. The van der Waals surface area contributed by atoms with E-state index in [2.05, 4.69) is 29.2 Å². The Morgan fingerprint density at radius 1 is 1.38 bits per heavy atom. The van der Waals surface area contributed by atoms with Gasteiger partial charge in [-0.3, -0.25) is 4.79 Å². The summed E-state index contributed by atoms with van der Waals surface area (Å²) in [5.74, 6) is 0.523. The molecule has 0 saturated carbocycles. The first-order chi connectivity index (χ1) is 10.3. The first-order valence-electron chi connectivity index (χ1n) is 7.11. The molecule has 0 aliphatic carbocycles. The van der Waals surface area contributed by atoms with E-state index in [1.54, 1.807) is 23.1 Å². The van der Waals surface area contributed by atoms with Crippen molar-refractivity contribution in [3.63, 3.8) is 0 Å². The van der Waals surface area contributed by atoms with E-state index in [0.29, 0.717) is 11.6 Å². The number of carbonyl (C=O) groups excluding carboxylic acids is 1. The fourth-order valence-electron chi connectivity index (χ4n) is 2.77. The Hall–Kier alpha value is -1.33. The van der Waals surface area contributed by atoms with Gasteiger partial charge in [0.1, 0.15) is 10.0 Å². The Bertz CT molecular complexity index is 612. The average molecular weight is 318 g/mol. The Morgan fingerprint density at radius 2 is 2.19 bits per heavy atom. The molecule has 110 valence electrons. The van der Waals surface area contributed by atoms with Crippen molar-refractivity contribution in [3.8, 4) is 0 Å². The predicted molar refractivity (Wildman–Crippen MR) is 88.2 cm³/mol. The first kappa shape index (κ1) is 14.6. The number of hydrogen-bond donors (Lipinski definition) is 0. The molecule has 1 aromatic heterocycles. The van der Waals surface area contributed by atoms with Crippen molar-refractivity contribution >= 4 is 29.0 Å². The number of amides is 1. The Kier molecular flexibility index (Phi) is 4.60. The maximum Gasteiger partial charge on any atom is 0.273 e. The molecule has 21 heavy (non-hydrogen) atoms. The van der Waals surface area contributed by atoms with E-state index in [0.717, 1.165) is 30.3 Å². The minimum absolute atomic E-state index is 0.0761. The summed E-state index contributed by atoms with van der Waals surface area (Å²) in [4.78, 5) is 18.9. The molecule has 0 spiro atoms. The number of nitrogens with zero attached hydrogens (tertiary/aromatic N) is 2. The summed E-state index contributed by atoms with van der Waals surface area (Å²) in [5.41, 5.74) is 1.93. The topological polar surface area (TPSA) is 33.2 Å². The minimum atomic E-state index is 0.0761. The monoisotopic (exact) mass is 318 g/mol. The van der Waals surface area contributed by atoms with Crippen molar-refractivity contribution in [3.05, 3.63) is 47.0 Å². The standard InChI is InChI=1S/C16H18N2OS2/c1-20-16-17-14(11-21-16)15(19)18-9-5-8-13(10-18)12-6-3-2-4-7-12/h2-4,6-7,11,13H,5,8-10H2,1H3/t13-/m0/s1. The molecule has 0 bridgehead atoms. The summed E-state index contributed by atoms with van der Waals surface area (Å²) < 4.78 is 0.954. The van der Waals surface area contributed by atoms with Crippen molar-refractivity contribution in [2.24, 2.45) is 0 Å². The zero-order valence-corrected chi connectivity index (χ0v) is 13.6. The number of aromatic nitrogens is 1. The van der Waals surface area contributed by atoms with Crippen LogP contribution in [0, 0.1) is 0 Å². The molecule has 1 aliphatic rings. The molecule has 1 aromatic carbocycles. The maximum atomic E-state index is 12.6. The normalized spacial score (nSPS) is 18.7. The van der Waals surface area contributed by atoms with E-state index in [1.165, 1.54) is 5.56 Å². The molecule has 1 saturated heterocycles. The molecule has 1 aliphatic heterocycles. The Morgan fingerprint density at radius 3 is 2.90 bits per heavy atom. The van der Waals surface area contributed by atoms with Crippen LogP contribution >= 0.6 is 23.1 Å². The van der Waals surface area contributed by atoms with Crippen LogP contribution in [0.15, 0.2) is 40.1 Å². The van der Waals surface area contributed by atoms with Crippen molar-refractivity contribution in [2.45, 2.75) is 23.1 Å². The highest BCUT2D eigenvalue weighted by Crippen LogP contribution is 2.28. The molecular weight excluding hydrogens is 300 g/mol. The van der Waals surface area contributed by atoms with Gasteiger partial charge in [0, 0.05) is 24.4 Å². The van der Waals surface area contributed by atoms with Gasteiger partial charge in [0.15, 0.2) is 0 Å². The molecule has 1 amide bonds. The van der Waals surface area contributed by atoms with Gasteiger partial charge in [-0.25, -0.2) is 4.98 Å². The van der Waals surface area contributed by atoms with E-state index in [4.69, 9.17) is 0 Å². The summed E-state index contributed by atoms with van der Waals surface area (Å²) in [5, 5.41) is 1.88. The van der Waals surface area contributed by atoms with Crippen LogP contribution in [0.25, 0.3) is 0 Å². The lowest BCUT2D eigenvalue weighted by Gasteiger charge is -2.32. The van der Waals surface area contributed by atoms with Crippen LogP contribution in [0.1, 0.15) is 34.8 Å². The second-order valence-electron chi connectivity index (χ2n) is 5.20. The number of hydrogen-bond acceptors (Lipinski definition) is 4. The van der Waals surface area contributed by atoms with Gasteiger partial charge in [-0.2, -0.15) is 0 Å². The van der Waals surface area contributed by atoms with E-state index >= 15 is 0 Å². The quantitative estimate of drug-likeness (QED) is 0.805. The van der Waals surface area contributed by atoms with E-state index in [9.17, 15) is 4.79 Å². The molecule has 0 N–H and O–H groups in total. The molecule has 3 rings (SSSR count). The van der Waals surface area contributed by atoms with E-state index < -0.39 is 0 Å². The van der Waals surface area contributed by atoms with Crippen LogP contribution in [0.3, 0.4) is 0 Å². The van der Waals surface area contributed by atoms with Crippen molar-refractivity contribution in [2.75, 3.05) is 19.3 Å². The van der Waals surface area contributed by atoms with E-state index in [1.807, 2.05) is 22.6 Å². The number of rotatable bonds is 3. The lowest BCUT2D eigenvalue weighted by Crippen LogP contribution is -2.39. The van der Waals surface area contributed by atoms with Gasteiger partial charge in [0.25, 0.3) is 5.91 Å². The van der Waals surface area contributed by atoms with Gasteiger partial charge in [0.05, 0.1) is 0 Å². The third-order valence-electron chi connectivity index (χ3n) is 3.86. The highest BCUT2D eigenvalue weighted by atomic mass is 32.2. The summed E-state index contributed by atoms with van der Waals surface area (Å²) in [6.07, 6.45) is 4.20. The number of benzene rings is 1. The number of thiazole rings is 1. The van der Waals surface area contributed by atoms with Gasteiger partial charge in [0.2, 0.25) is 0 Å². The fraction of sp³-hybridized carbons (Fsp3) is 0.375. The molecule has 3 nitrogen and oxygen atoms in total. The van der Waals surface area contributed by atoms with Gasteiger partial charge >= 0.3 is 0 Å². The van der Waals surface area contributed by atoms with Gasteiger partial charge in [-0.05, 0) is 24.7 Å². The van der Waals surface area contributed by atoms with Gasteiger partial charge in [-0.1, -0.05) is 42.1 Å². The Labute approximate surface area is 133 Å². The molecule has 0 radical (unpaired) electrons. The largest absolute Gasteiger partial charge is 0.337 e. The smallest absolute Gasteiger partial charge is 0.273 e. The zero-order chi connectivity index (χ0) is 14.7. The highest BCUT2D eigenvalue weighted by molar-refractivity contribution is 8.00. The number of thioether (sulfide) groups is 1. The van der Waals surface area contributed by atoms with Crippen molar-refractivity contribution in [1.82, 2.24) is 9.88 Å². The average Bonchev–Trinajstić information content (AvgIpc) is 3.04. The van der Waals surface area contributed by atoms with Crippen molar-refractivity contribution < 1.29 is 4.79 Å². The number of carbonyl (C=O) groups is 1. The maximum absolute atomic E-state index is 12.6. The van der Waals surface area contributed by atoms with Crippen molar-refractivity contribution in [1.29, 1.82) is 0 Å². The minimum Gasteiger partial charge on any atom is -0.337 e. The predicted octanol–water partition coefficient (Wildman–Crippen LogP) is 3.88. The van der Waals surface area contributed by atoms with Crippen LogP contribution in [0.5, 0.6) is 0 Å². The number of piperidine rings is 1. The third-order valence-corrected chi connectivity index (χ3v) is 5.72. The molecule has 1 atom stereocenters. The summed E-state index contributed by atoms with van der Waals surface area (Å²) >= 11 is 3.13. The zero-order valence-electron chi connectivity index (χ0n) is 12.0. The fourth-order valence-corrected chi connectivity index (χ4v) is 4.01. The SMILES string of the molecule is CSc1nc(C(=O)N2CCC[C@H](c3ccccc3)C2)cs1. The number of likely N-dealkylation sites (tertiary alicyclic amines) is 1. The molecule has 2 aromatic rings. The van der Waals surface area contributed by atoms with E-state index in [-0.39, 0.29) is 5.91 Å². The molecular formula is C16H18N2OS2. The molecule has 2 heterocycles. The lowest BCUT2D eigenvalue weighted by molar-refractivity contribution is 0.0701. The second-order valence-corrected chi connectivity index (χ2v) is 7.12. The molecule has 1 fully saturated rings. The second kappa shape index (κ2) is 6.62. The molecule has 5 heteroatoms. The van der Waals surface area contributed by atoms with Crippen LogP contribution < -0.4 is 0 Å². The lowest BCUT2D eigenvalue weighted by atomic mass is 9.90. The summed E-state index contributed by atoms with van der Waals surface area (Å²) in [6, 6.07) is 10.5. The summed E-state index contributed by atoms with van der Waals surface area (Å²) in [6.45, 7) is 1.64. The van der Waals surface area contributed by atoms with Crippen LogP contribution in [-0.4, -0.2) is 35.1 Å². The van der Waals surface area contributed by atoms with Crippen LogP contribution in [-0.2, 0) is 0 Å².